The maximum Gasteiger partial charge on any atom is 0.303 e. The summed E-state index contributed by atoms with van der Waals surface area (Å²) in [6.45, 7) is 0. The number of halogens is 1. The fourth-order valence-corrected chi connectivity index (χ4v) is 4.56. The van der Waals surface area contributed by atoms with Crippen LogP contribution in [0.15, 0.2) is 53.4 Å². The lowest BCUT2D eigenvalue weighted by Gasteiger charge is -2.12. The molecule has 0 atom stereocenters. The van der Waals surface area contributed by atoms with Crippen molar-refractivity contribution < 1.29 is 18.3 Å². The Morgan fingerprint density at radius 2 is 1.85 bits per heavy atom. The Hall–Kier alpha value is -2.38. The topological polar surface area (TPSA) is 89.3 Å². The van der Waals surface area contributed by atoms with Crippen molar-refractivity contribution in [2.24, 2.45) is 0 Å². The van der Waals surface area contributed by atoms with E-state index in [-0.39, 0.29) is 16.5 Å². The minimum absolute atomic E-state index is 0.0513. The molecule has 1 N–H and O–H groups in total. The molecule has 3 rings (SSSR count). The Bertz CT molecular complexity index is 1050. The number of unbranched alkanes of at least 4 members (excludes halogenated alkanes) is 1. The molecule has 136 valence electrons. The van der Waals surface area contributed by atoms with Crippen molar-refractivity contribution in [2.75, 3.05) is 0 Å². The first-order valence-corrected chi connectivity index (χ1v) is 9.91. The van der Waals surface area contributed by atoms with Gasteiger partial charge in [-0.3, -0.25) is 4.79 Å². The third kappa shape index (κ3) is 3.73. The molecule has 0 aliphatic rings. The van der Waals surface area contributed by atoms with E-state index in [1.165, 1.54) is 3.97 Å². The maximum absolute atomic E-state index is 13.2. The van der Waals surface area contributed by atoms with Crippen LogP contribution in [0.5, 0.6) is 0 Å². The van der Waals surface area contributed by atoms with Gasteiger partial charge in [-0.15, -0.1) is 0 Å². The van der Waals surface area contributed by atoms with Crippen LogP contribution < -0.4 is 0 Å². The number of carboxylic acid groups (broad SMARTS) is 1. The van der Waals surface area contributed by atoms with E-state index in [2.05, 4.69) is 4.98 Å². The van der Waals surface area contributed by atoms with Crippen molar-refractivity contribution in [1.82, 2.24) is 8.96 Å². The summed E-state index contributed by atoms with van der Waals surface area (Å²) in [6.07, 6.45) is 1.50. The van der Waals surface area contributed by atoms with E-state index in [0.717, 1.165) is 0 Å². The molecule has 8 heteroatoms. The highest BCUT2D eigenvalue weighted by Crippen LogP contribution is 2.27. The average Bonchev–Trinajstić information content (AvgIpc) is 2.97. The minimum atomic E-state index is -3.80. The van der Waals surface area contributed by atoms with E-state index in [9.17, 15) is 13.2 Å². The second-order valence-electron chi connectivity index (χ2n) is 5.86. The number of rotatable bonds is 7. The summed E-state index contributed by atoms with van der Waals surface area (Å²) in [4.78, 5) is 15.1. The molecule has 1 aromatic carbocycles. The molecule has 0 saturated heterocycles. The number of hydrogen-bond donors (Lipinski definition) is 1. The van der Waals surface area contributed by atoms with Gasteiger partial charge in [-0.1, -0.05) is 29.8 Å². The van der Waals surface area contributed by atoms with Gasteiger partial charge in [-0.25, -0.2) is 17.4 Å². The van der Waals surface area contributed by atoms with E-state index >= 15 is 0 Å². The zero-order valence-corrected chi connectivity index (χ0v) is 15.4. The molecule has 3 aromatic rings. The lowest BCUT2D eigenvalue weighted by atomic mass is 10.1. The standard InChI is InChI=1S/C18H17ClN2O4S/c19-17-11-10-16-15(20-17)12-13(6-4-5-9-18(22)23)21(16)26(24,25)14-7-2-1-3-8-14/h1-3,7-8,10-12H,4-6,9H2,(H,22,23). The van der Waals surface area contributed by atoms with Gasteiger partial charge in [0.1, 0.15) is 5.15 Å². The van der Waals surface area contributed by atoms with E-state index in [0.29, 0.717) is 36.0 Å². The first-order valence-electron chi connectivity index (χ1n) is 8.09. The van der Waals surface area contributed by atoms with Gasteiger partial charge in [-0.05, 0) is 49.6 Å². The highest BCUT2D eigenvalue weighted by molar-refractivity contribution is 7.90. The molecule has 2 heterocycles. The molecule has 0 fully saturated rings. The highest BCUT2D eigenvalue weighted by atomic mass is 35.5. The van der Waals surface area contributed by atoms with E-state index in [1.54, 1.807) is 48.5 Å². The summed E-state index contributed by atoms with van der Waals surface area (Å²) in [5.74, 6) is -0.865. The number of fused-ring (bicyclic) bond motifs is 1. The summed E-state index contributed by atoms with van der Waals surface area (Å²) < 4.78 is 27.6. The van der Waals surface area contributed by atoms with Crippen LogP contribution in [0.3, 0.4) is 0 Å². The van der Waals surface area contributed by atoms with Crippen LogP contribution in [0.25, 0.3) is 11.0 Å². The van der Waals surface area contributed by atoms with Gasteiger partial charge in [0.15, 0.2) is 0 Å². The van der Waals surface area contributed by atoms with Gasteiger partial charge in [0.25, 0.3) is 10.0 Å². The number of aryl methyl sites for hydroxylation is 1. The van der Waals surface area contributed by atoms with Crippen molar-refractivity contribution in [3.8, 4) is 0 Å². The van der Waals surface area contributed by atoms with Crippen LogP contribution in [0.1, 0.15) is 25.0 Å². The van der Waals surface area contributed by atoms with E-state index < -0.39 is 16.0 Å². The summed E-state index contributed by atoms with van der Waals surface area (Å²) in [5, 5.41) is 9.04. The number of aromatic nitrogens is 2. The number of hydrogen-bond acceptors (Lipinski definition) is 4. The summed E-state index contributed by atoms with van der Waals surface area (Å²) in [6, 6.07) is 13.0. The smallest absolute Gasteiger partial charge is 0.303 e. The minimum Gasteiger partial charge on any atom is -0.481 e. The molecule has 0 unspecified atom stereocenters. The van der Waals surface area contributed by atoms with E-state index in [1.807, 2.05) is 0 Å². The number of carboxylic acids is 1. The third-order valence-electron chi connectivity index (χ3n) is 4.01. The maximum atomic E-state index is 13.2. The molecule has 6 nitrogen and oxygen atoms in total. The fraction of sp³-hybridized carbons (Fsp3) is 0.222. The van der Waals surface area contributed by atoms with Crippen LogP contribution in [-0.2, 0) is 21.2 Å². The van der Waals surface area contributed by atoms with Gasteiger partial charge >= 0.3 is 5.97 Å². The second-order valence-corrected chi connectivity index (χ2v) is 8.03. The lowest BCUT2D eigenvalue weighted by Crippen LogP contribution is -2.15. The number of carbonyl (C=O) groups is 1. The Morgan fingerprint density at radius 1 is 1.12 bits per heavy atom. The van der Waals surface area contributed by atoms with Gasteiger partial charge in [0, 0.05) is 12.1 Å². The molecule has 0 aliphatic carbocycles. The first kappa shape index (κ1) is 18.4. The van der Waals surface area contributed by atoms with Crippen LogP contribution in [0.4, 0.5) is 0 Å². The second kappa shape index (κ2) is 7.47. The lowest BCUT2D eigenvalue weighted by molar-refractivity contribution is -0.137. The normalized spacial score (nSPS) is 11.7. The average molecular weight is 393 g/mol. The van der Waals surface area contributed by atoms with Gasteiger partial charge < -0.3 is 5.11 Å². The van der Waals surface area contributed by atoms with Crippen LogP contribution >= 0.6 is 11.6 Å². The molecular formula is C18H17ClN2O4S. The number of nitrogens with zero attached hydrogens (tertiary/aromatic N) is 2. The summed E-state index contributed by atoms with van der Waals surface area (Å²) >= 11 is 5.94. The fourth-order valence-electron chi connectivity index (χ4n) is 2.83. The number of pyridine rings is 1. The molecule has 0 bridgehead atoms. The monoisotopic (exact) mass is 392 g/mol. The molecule has 2 aromatic heterocycles. The summed E-state index contributed by atoms with van der Waals surface area (Å²) in [7, 11) is -3.80. The molecule has 0 saturated carbocycles. The Labute approximate surface area is 156 Å². The number of benzene rings is 1. The van der Waals surface area contributed by atoms with Crippen molar-refractivity contribution >= 4 is 38.6 Å². The Morgan fingerprint density at radius 3 is 2.54 bits per heavy atom. The largest absolute Gasteiger partial charge is 0.481 e. The summed E-state index contributed by atoms with van der Waals surface area (Å²) in [5.41, 5.74) is 1.50. The first-order chi connectivity index (χ1) is 12.4. The van der Waals surface area contributed by atoms with Crippen molar-refractivity contribution in [1.29, 1.82) is 0 Å². The van der Waals surface area contributed by atoms with Crippen molar-refractivity contribution in [3.63, 3.8) is 0 Å². The zero-order valence-electron chi connectivity index (χ0n) is 13.8. The van der Waals surface area contributed by atoms with Gasteiger partial charge in [-0.2, -0.15) is 0 Å². The predicted molar refractivity (Wildman–Crippen MR) is 99.0 cm³/mol. The molecule has 0 aliphatic heterocycles. The number of aliphatic carboxylic acids is 1. The Balaban J connectivity index is 2.06. The van der Waals surface area contributed by atoms with Crippen LogP contribution in [-0.4, -0.2) is 28.5 Å². The van der Waals surface area contributed by atoms with Gasteiger partial charge in [0.05, 0.1) is 15.9 Å². The Kier molecular flexibility index (Phi) is 5.29. The highest BCUT2D eigenvalue weighted by Gasteiger charge is 2.23. The van der Waals surface area contributed by atoms with Crippen LogP contribution in [0.2, 0.25) is 5.15 Å². The molecule has 26 heavy (non-hydrogen) atoms. The van der Waals surface area contributed by atoms with Crippen molar-refractivity contribution in [2.45, 2.75) is 30.6 Å². The molecule has 0 spiro atoms. The quantitative estimate of drug-likeness (QED) is 0.489. The van der Waals surface area contributed by atoms with Crippen molar-refractivity contribution in [3.05, 3.63) is 59.4 Å². The van der Waals surface area contributed by atoms with Gasteiger partial charge in [0.2, 0.25) is 0 Å². The molecule has 0 amide bonds. The van der Waals surface area contributed by atoms with E-state index in [4.69, 9.17) is 16.7 Å². The molecular weight excluding hydrogens is 376 g/mol. The SMILES string of the molecule is O=C(O)CCCCc1cc2nc(Cl)ccc2n1S(=O)(=O)c1ccccc1. The molecule has 0 radical (unpaired) electrons. The van der Waals surface area contributed by atoms with Crippen LogP contribution in [0, 0.1) is 0 Å². The predicted octanol–water partition coefficient (Wildman–Crippen LogP) is 3.72. The third-order valence-corrected chi connectivity index (χ3v) is 6.00. The zero-order chi connectivity index (χ0) is 18.7.